The van der Waals surface area contributed by atoms with Gasteiger partial charge in [0.2, 0.25) is 11.9 Å². The van der Waals surface area contributed by atoms with Gasteiger partial charge in [-0.3, -0.25) is 4.79 Å². The Morgan fingerprint density at radius 2 is 2.16 bits per heavy atom. The van der Waals surface area contributed by atoms with Crippen LogP contribution in [0.1, 0.15) is 5.56 Å². The van der Waals surface area contributed by atoms with E-state index in [0.29, 0.717) is 17.2 Å². The maximum Gasteiger partial charge on any atom is 0.244 e. The van der Waals surface area contributed by atoms with Crippen molar-refractivity contribution in [3.05, 3.63) is 27.9 Å². The zero-order valence-electron chi connectivity index (χ0n) is 9.81. The minimum absolute atomic E-state index is 0.0334. The molecule has 0 spiro atoms. The Kier molecular flexibility index (Phi) is 3.60. The molecule has 0 amide bonds. The van der Waals surface area contributed by atoms with Crippen molar-refractivity contribution in [2.45, 2.75) is 0 Å². The fourth-order valence-corrected chi connectivity index (χ4v) is 3.37. The summed E-state index contributed by atoms with van der Waals surface area (Å²) in [4.78, 5) is 16.1. The average Bonchev–Trinajstić information content (AvgIpc) is 2.97. The van der Waals surface area contributed by atoms with Crippen molar-refractivity contribution in [1.82, 2.24) is 0 Å². The van der Waals surface area contributed by atoms with Crippen LogP contribution in [0.5, 0.6) is 11.5 Å². The minimum Gasteiger partial charge on any atom is -0.454 e. The molecule has 0 bridgehead atoms. The van der Waals surface area contributed by atoms with Crippen LogP contribution in [-0.2, 0) is 4.79 Å². The highest BCUT2D eigenvalue weighted by atomic mass is 79.9. The van der Waals surface area contributed by atoms with Crippen molar-refractivity contribution < 1.29 is 14.3 Å². The molecule has 1 aromatic carbocycles. The van der Waals surface area contributed by atoms with Gasteiger partial charge < -0.3 is 9.47 Å². The molecule has 0 saturated carbocycles. The highest BCUT2D eigenvalue weighted by Crippen LogP contribution is 2.38. The van der Waals surface area contributed by atoms with E-state index in [1.54, 1.807) is 6.08 Å². The Morgan fingerprint density at radius 3 is 2.84 bits per heavy atom. The molecule has 19 heavy (non-hydrogen) atoms. The van der Waals surface area contributed by atoms with Crippen LogP contribution in [0.3, 0.4) is 0 Å². The number of hydrogen-bond acceptors (Lipinski definition) is 6. The number of thioether (sulfide) groups is 2. The summed E-state index contributed by atoms with van der Waals surface area (Å²) in [5, 5.41) is -0.0334. The number of fused-ring (bicyclic) bond motifs is 1. The van der Waals surface area contributed by atoms with Gasteiger partial charge in [0.25, 0.3) is 0 Å². The first-order chi connectivity index (χ1) is 9.17. The molecule has 1 aromatic rings. The summed E-state index contributed by atoms with van der Waals surface area (Å²) in [5.41, 5.74) is 1.30. The standard InChI is InChI=1S/C12H8BrNO3S2/c1-18-12-14-8(11(15)19-12)2-6-3-9-10(4-7(6)13)17-5-16-9/h2-4H,5H2,1H3. The first-order valence-corrected chi connectivity index (χ1v) is 8.16. The number of aliphatic imine (C=N–C) groups is 1. The Labute approximate surface area is 126 Å². The number of rotatable bonds is 1. The van der Waals surface area contributed by atoms with Crippen molar-refractivity contribution in [1.29, 1.82) is 0 Å². The van der Waals surface area contributed by atoms with Crippen molar-refractivity contribution >= 4 is 55.0 Å². The van der Waals surface area contributed by atoms with Gasteiger partial charge in [0.15, 0.2) is 11.5 Å². The molecular weight excluding hydrogens is 350 g/mol. The van der Waals surface area contributed by atoms with E-state index >= 15 is 0 Å². The Hall–Kier alpha value is -0.920. The second-order valence-corrected chi connectivity index (χ2v) is 6.60. The predicted octanol–water partition coefficient (Wildman–Crippen LogP) is 3.51. The van der Waals surface area contributed by atoms with E-state index in [1.165, 1.54) is 11.8 Å². The largest absolute Gasteiger partial charge is 0.454 e. The number of ether oxygens (including phenoxy) is 2. The SMILES string of the molecule is CSC1=NC(=Cc2cc3c(cc2Br)OCO3)C(=O)S1. The van der Waals surface area contributed by atoms with Crippen LogP contribution in [-0.4, -0.2) is 22.5 Å². The summed E-state index contributed by atoms with van der Waals surface area (Å²) in [5.74, 6) is 1.39. The lowest BCUT2D eigenvalue weighted by atomic mass is 10.1. The average molecular weight is 358 g/mol. The second-order valence-electron chi connectivity index (χ2n) is 3.73. The van der Waals surface area contributed by atoms with E-state index in [4.69, 9.17) is 9.47 Å². The van der Waals surface area contributed by atoms with E-state index < -0.39 is 0 Å². The van der Waals surface area contributed by atoms with E-state index in [-0.39, 0.29) is 11.9 Å². The zero-order chi connectivity index (χ0) is 13.4. The molecule has 0 unspecified atom stereocenters. The van der Waals surface area contributed by atoms with Gasteiger partial charge in [-0.1, -0.05) is 15.9 Å². The van der Waals surface area contributed by atoms with Crippen LogP contribution in [0.2, 0.25) is 0 Å². The molecular formula is C12H8BrNO3S2. The first-order valence-electron chi connectivity index (χ1n) is 5.33. The van der Waals surface area contributed by atoms with Crippen LogP contribution in [0, 0.1) is 0 Å². The molecule has 0 fully saturated rings. The molecule has 98 valence electrons. The molecule has 2 aliphatic heterocycles. The van der Waals surface area contributed by atoms with Gasteiger partial charge in [-0.2, -0.15) is 0 Å². The van der Waals surface area contributed by atoms with Gasteiger partial charge in [-0.05, 0) is 41.8 Å². The third-order valence-electron chi connectivity index (χ3n) is 2.56. The third-order valence-corrected chi connectivity index (χ3v) is 5.10. The molecule has 0 saturated heterocycles. The van der Waals surface area contributed by atoms with Gasteiger partial charge >= 0.3 is 0 Å². The lowest BCUT2D eigenvalue weighted by Gasteiger charge is -2.02. The molecule has 2 heterocycles. The number of carbonyl (C=O) groups is 1. The molecule has 0 radical (unpaired) electrons. The third kappa shape index (κ3) is 2.54. The number of carbonyl (C=O) groups excluding carboxylic acids is 1. The Morgan fingerprint density at radius 1 is 1.42 bits per heavy atom. The molecule has 3 rings (SSSR count). The van der Waals surface area contributed by atoms with Crippen molar-refractivity contribution in [3.63, 3.8) is 0 Å². The zero-order valence-corrected chi connectivity index (χ0v) is 13.0. The topological polar surface area (TPSA) is 47.9 Å². The lowest BCUT2D eigenvalue weighted by molar-refractivity contribution is -0.107. The van der Waals surface area contributed by atoms with Crippen molar-refractivity contribution in [3.8, 4) is 11.5 Å². The molecule has 0 aromatic heterocycles. The van der Waals surface area contributed by atoms with Gasteiger partial charge in [0.1, 0.15) is 10.1 Å². The van der Waals surface area contributed by atoms with Gasteiger partial charge in [-0.25, -0.2) is 4.99 Å². The minimum atomic E-state index is -0.0334. The van der Waals surface area contributed by atoms with Crippen molar-refractivity contribution in [2.24, 2.45) is 4.99 Å². The van der Waals surface area contributed by atoms with Crippen LogP contribution in [0.25, 0.3) is 6.08 Å². The summed E-state index contributed by atoms with van der Waals surface area (Å²) >= 11 is 6.09. The van der Waals surface area contributed by atoms with Crippen molar-refractivity contribution in [2.75, 3.05) is 13.0 Å². The fraction of sp³-hybridized carbons (Fsp3) is 0.167. The number of halogens is 1. The molecule has 0 N–H and O–H groups in total. The highest BCUT2D eigenvalue weighted by molar-refractivity contribution is 9.10. The van der Waals surface area contributed by atoms with E-state index in [1.807, 2.05) is 18.4 Å². The molecule has 0 atom stereocenters. The van der Waals surface area contributed by atoms with Crippen LogP contribution >= 0.6 is 39.5 Å². The number of nitrogens with zero attached hydrogens (tertiary/aromatic N) is 1. The van der Waals surface area contributed by atoms with E-state index in [9.17, 15) is 4.79 Å². The molecule has 2 aliphatic rings. The van der Waals surface area contributed by atoms with Gasteiger partial charge in [0.05, 0.1) is 0 Å². The second kappa shape index (κ2) is 5.22. The number of benzene rings is 1. The van der Waals surface area contributed by atoms with E-state index in [2.05, 4.69) is 20.9 Å². The lowest BCUT2D eigenvalue weighted by Crippen LogP contribution is -1.92. The molecule has 4 nitrogen and oxygen atoms in total. The predicted molar refractivity (Wildman–Crippen MR) is 81.8 cm³/mol. The summed E-state index contributed by atoms with van der Waals surface area (Å²) < 4.78 is 12.2. The van der Waals surface area contributed by atoms with E-state index in [0.717, 1.165) is 26.2 Å². The summed E-state index contributed by atoms with van der Waals surface area (Å²) in [6.07, 6.45) is 3.66. The fourth-order valence-electron chi connectivity index (χ4n) is 1.67. The monoisotopic (exact) mass is 357 g/mol. The maximum absolute atomic E-state index is 11.8. The van der Waals surface area contributed by atoms with Gasteiger partial charge in [-0.15, -0.1) is 11.8 Å². The Balaban J connectivity index is 2.00. The molecule has 7 heteroatoms. The normalized spacial score (nSPS) is 19.2. The van der Waals surface area contributed by atoms with Gasteiger partial charge in [0, 0.05) is 4.47 Å². The summed E-state index contributed by atoms with van der Waals surface area (Å²) in [6.45, 7) is 0.228. The maximum atomic E-state index is 11.8. The smallest absolute Gasteiger partial charge is 0.244 e. The number of hydrogen-bond donors (Lipinski definition) is 0. The van der Waals surface area contributed by atoms with Crippen LogP contribution in [0.15, 0.2) is 27.3 Å². The van der Waals surface area contributed by atoms with Crippen LogP contribution in [0.4, 0.5) is 0 Å². The Bertz CT molecular complexity index is 628. The highest BCUT2D eigenvalue weighted by Gasteiger charge is 2.22. The van der Waals surface area contributed by atoms with Crippen LogP contribution < -0.4 is 9.47 Å². The molecule has 0 aliphatic carbocycles. The summed E-state index contributed by atoms with van der Waals surface area (Å²) in [6, 6.07) is 3.67. The quantitative estimate of drug-likeness (QED) is 0.719. The summed E-state index contributed by atoms with van der Waals surface area (Å²) in [7, 11) is 0. The first kappa shape index (κ1) is 13.1.